The van der Waals surface area contributed by atoms with Crippen LogP contribution in [0.2, 0.25) is 0 Å². The molecule has 0 saturated heterocycles. The molecule has 0 radical (unpaired) electrons. The highest BCUT2D eigenvalue weighted by Gasteiger charge is 2.16. The zero-order valence-corrected chi connectivity index (χ0v) is 9.03. The minimum Gasteiger partial charge on any atom is -0.395 e. The molecule has 0 spiro atoms. The van der Waals surface area contributed by atoms with Crippen LogP contribution in [0.25, 0.3) is 0 Å². The van der Waals surface area contributed by atoms with E-state index in [0.29, 0.717) is 6.54 Å². The van der Waals surface area contributed by atoms with Crippen LogP contribution in [0.15, 0.2) is 0 Å². The van der Waals surface area contributed by atoms with Crippen molar-refractivity contribution in [3.63, 3.8) is 0 Å². The highest BCUT2D eigenvalue weighted by Crippen LogP contribution is 2.05. The smallest absolute Gasteiger partial charge is 0.0664 e. The molecule has 0 amide bonds. The summed E-state index contributed by atoms with van der Waals surface area (Å²) in [7, 11) is 0. The molecule has 0 aliphatic rings. The van der Waals surface area contributed by atoms with E-state index in [1.807, 2.05) is 6.92 Å². The zero-order chi connectivity index (χ0) is 10.3. The lowest BCUT2D eigenvalue weighted by Gasteiger charge is -2.30. The summed E-state index contributed by atoms with van der Waals surface area (Å²) in [6.45, 7) is 7.72. The number of hydrogen-bond acceptors (Lipinski definition) is 3. The molecule has 0 rings (SSSR count). The molecular weight excluding hydrogens is 166 g/mol. The van der Waals surface area contributed by atoms with E-state index in [1.165, 1.54) is 0 Å². The van der Waals surface area contributed by atoms with Gasteiger partial charge >= 0.3 is 0 Å². The summed E-state index contributed by atoms with van der Waals surface area (Å²) in [6.07, 6.45) is 1.94. The van der Waals surface area contributed by atoms with Gasteiger partial charge < -0.3 is 10.2 Å². The van der Waals surface area contributed by atoms with Crippen molar-refractivity contribution in [3.8, 4) is 0 Å². The molecule has 0 heterocycles. The second-order valence-corrected chi connectivity index (χ2v) is 3.59. The van der Waals surface area contributed by atoms with E-state index in [2.05, 4.69) is 11.8 Å². The first-order chi connectivity index (χ1) is 6.13. The zero-order valence-electron chi connectivity index (χ0n) is 9.03. The van der Waals surface area contributed by atoms with Crippen LogP contribution >= 0.6 is 0 Å². The Hall–Kier alpha value is -0.120. The van der Waals surface area contributed by atoms with Gasteiger partial charge in [-0.05, 0) is 26.8 Å². The Labute approximate surface area is 81.4 Å². The second kappa shape index (κ2) is 7.30. The van der Waals surface area contributed by atoms with E-state index in [9.17, 15) is 5.11 Å². The van der Waals surface area contributed by atoms with E-state index in [1.54, 1.807) is 6.92 Å². The van der Waals surface area contributed by atoms with Gasteiger partial charge in [-0.2, -0.15) is 0 Å². The Morgan fingerprint density at radius 2 is 1.85 bits per heavy atom. The number of nitrogens with zero attached hydrogens (tertiary/aromatic N) is 1. The maximum absolute atomic E-state index is 9.39. The molecule has 0 bridgehead atoms. The summed E-state index contributed by atoms with van der Waals surface area (Å²) in [6, 6.07) is 0.138. The number of aliphatic hydroxyl groups is 2. The van der Waals surface area contributed by atoms with Gasteiger partial charge in [0.25, 0.3) is 0 Å². The maximum Gasteiger partial charge on any atom is 0.0664 e. The van der Waals surface area contributed by atoms with Crippen molar-refractivity contribution in [2.75, 3.05) is 19.7 Å². The average Bonchev–Trinajstić information content (AvgIpc) is 2.11. The van der Waals surface area contributed by atoms with E-state index >= 15 is 0 Å². The first kappa shape index (κ1) is 12.9. The predicted molar refractivity (Wildman–Crippen MR) is 54.7 cm³/mol. The van der Waals surface area contributed by atoms with Gasteiger partial charge in [0.05, 0.1) is 12.7 Å². The number of rotatable bonds is 7. The summed E-state index contributed by atoms with van der Waals surface area (Å²) in [4.78, 5) is 2.13. The molecule has 0 aromatic heterocycles. The molecular formula is C10H23NO2. The van der Waals surface area contributed by atoms with Gasteiger partial charge in [-0.3, -0.25) is 4.90 Å². The molecule has 3 heteroatoms. The van der Waals surface area contributed by atoms with E-state index in [0.717, 1.165) is 19.4 Å². The third-order valence-electron chi connectivity index (χ3n) is 2.46. The molecule has 2 atom stereocenters. The SMILES string of the molecule is CCCCN(CCO)C(C)C(C)O. The minimum absolute atomic E-state index is 0.138. The molecule has 3 nitrogen and oxygen atoms in total. The van der Waals surface area contributed by atoms with Gasteiger partial charge in [-0.1, -0.05) is 13.3 Å². The Morgan fingerprint density at radius 1 is 1.23 bits per heavy atom. The monoisotopic (exact) mass is 189 g/mol. The van der Waals surface area contributed by atoms with Crippen LogP contribution in [-0.4, -0.2) is 47.0 Å². The summed E-state index contributed by atoms with van der Waals surface area (Å²) in [5, 5.41) is 18.2. The van der Waals surface area contributed by atoms with Crippen LogP contribution in [0.3, 0.4) is 0 Å². The largest absolute Gasteiger partial charge is 0.395 e. The fourth-order valence-electron chi connectivity index (χ4n) is 1.31. The summed E-state index contributed by atoms with van der Waals surface area (Å²) in [5.41, 5.74) is 0. The lowest BCUT2D eigenvalue weighted by atomic mass is 10.1. The average molecular weight is 189 g/mol. The van der Waals surface area contributed by atoms with Gasteiger partial charge in [0.15, 0.2) is 0 Å². The van der Waals surface area contributed by atoms with Crippen molar-refractivity contribution >= 4 is 0 Å². The lowest BCUT2D eigenvalue weighted by Crippen LogP contribution is -2.42. The quantitative estimate of drug-likeness (QED) is 0.624. The third kappa shape index (κ3) is 5.24. The van der Waals surface area contributed by atoms with Crippen molar-refractivity contribution in [2.45, 2.75) is 45.8 Å². The second-order valence-electron chi connectivity index (χ2n) is 3.59. The first-order valence-corrected chi connectivity index (χ1v) is 5.16. The molecule has 2 N–H and O–H groups in total. The fraction of sp³-hybridized carbons (Fsp3) is 1.00. The topological polar surface area (TPSA) is 43.7 Å². The van der Waals surface area contributed by atoms with Crippen LogP contribution < -0.4 is 0 Å². The predicted octanol–water partition coefficient (Wildman–Crippen LogP) is 0.850. The Balaban J connectivity index is 3.90. The normalized spacial score (nSPS) is 16.2. The number of unbranched alkanes of at least 4 members (excludes halogenated alkanes) is 1. The molecule has 0 aliphatic carbocycles. The molecule has 0 aliphatic heterocycles. The Bertz CT molecular complexity index is 117. The standard InChI is InChI=1S/C10H23NO2/c1-4-5-6-11(7-8-12)9(2)10(3)13/h9-10,12-13H,4-8H2,1-3H3. The Kier molecular flexibility index (Phi) is 7.23. The summed E-state index contributed by atoms with van der Waals surface area (Å²) < 4.78 is 0. The van der Waals surface area contributed by atoms with Crippen molar-refractivity contribution in [1.29, 1.82) is 0 Å². The van der Waals surface area contributed by atoms with Crippen molar-refractivity contribution in [1.82, 2.24) is 4.90 Å². The van der Waals surface area contributed by atoms with E-state index in [4.69, 9.17) is 5.11 Å². The third-order valence-corrected chi connectivity index (χ3v) is 2.46. The van der Waals surface area contributed by atoms with Gasteiger partial charge in [0, 0.05) is 12.6 Å². The molecule has 0 fully saturated rings. The van der Waals surface area contributed by atoms with Crippen LogP contribution in [-0.2, 0) is 0 Å². The number of hydrogen-bond donors (Lipinski definition) is 2. The van der Waals surface area contributed by atoms with E-state index in [-0.39, 0.29) is 18.8 Å². The fourth-order valence-corrected chi connectivity index (χ4v) is 1.31. The minimum atomic E-state index is -0.330. The maximum atomic E-state index is 9.39. The van der Waals surface area contributed by atoms with Crippen molar-refractivity contribution < 1.29 is 10.2 Å². The highest BCUT2D eigenvalue weighted by atomic mass is 16.3. The van der Waals surface area contributed by atoms with Crippen molar-refractivity contribution in [2.24, 2.45) is 0 Å². The summed E-state index contributed by atoms with van der Waals surface area (Å²) in [5.74, 6) is 0. The number of aliphatic hydroxyl groups excluding tert-OH is 2. The van der Waals surface area contributed by atoms with Crippen LogP contribution in [0.4, 0.5) is 0 Å². The van der Waals surface area contributed by atoms with Gasteiger partial charge in [-0.15, -0.1) is 0 Å². The van der Waals surface area contributed by atoms with E-state index < -0.39 is 0 Å². The molecule has 0 aromatic rings. The van der Waals surface area contributed by atoms with Gasteiger partial charge in [0.1, 0.15) is 0 Å². The molecule has 0 saturated carbocycles. The molecule has 13 heavy (non-hydrogen) atoms. The van der Waals surface area contributed by atoms with Gasteiger partial charge in [0.2, 0.25) is 0 Å². The van der Waals surface area contributed by atoms with Crippen LogP contribution in [0.1, 0.15) is 33.6 Å². The van der Waals surface area contributed by atoms with Gasteiger partial charge in [-0.25, -0.2) is 0 Å². The van der Waals surface area contributed by atoms with Crippen LogP contribution in [0.5, 0.6) is 0 Å². The highest BCUT2D eigenvalue weighted by molar-refractivity contribution is 4.71. The van der Waals surface area contributed by atoms with Crippen molar-refractivity contribution in [3.05, 3.63) is 0 Å². The first-order valence-electron chi connectivity index (χ1n) is 5.16. The Morgan fingerprint density at radius 3 is 2.23 bits per heavy atom. The summed E-state index contributed by atoms with van der Waals surface area (Å²) >= 11 is 0. The molecule has 0 aromatic carbocycles. The van der Waals surface area contributed by atoms with Crippen LogP contribution in [0, 0.1) is 0 Å². The molecule has 2 unspecified atom stereocenters. The molecule has 80 valence electrons. The lowest BCUT2D eigenvalue weighted by molar-refractivity contribution is 0.0585.